The average Bonchev–Trinajstić information content (AvgIpc) is 3.10. The summed E-state index contributed by atoms with van der Waals surface area (Å²) in [5.74, 6) is -0.0834. The fraction of sp³-hybridized carbons (Fsp3) is 0.150. The number of nitriles is 1. The van der Waals surface area contributed by atoms with Gasteiger partial charge in [-0.1, -0.05) is 35.9 Å². The summed E-state index contributed by atoms with van der Waals surface area (Å²) in [4.78, 5) is 16.7. The Morgan fingerprint density at radius 2 is 2.04 bits per heavy atom. The molecule has 3 rings (SSSR count). The van der Waals surface area contributed by atoms with Crippen LogP contribution in [0.1, 0.15) is 23.2 Å². The normalized spacial score (nSPS) is 10.2. The number of benzene rings is 2. The highest BCUT2D eigenvalue weighted by molar-refractivity contribution is 7.13. The molecular weight excluding hydrogens is 330 g/mol. The SMILES string of the molecule is Cc1ccc(-c2nc(CCC(=O)Nc3cccc(C#N)c3)cs2)cc1. The van der Waals surface area contributed by atoms with Crippen LogP contribution < -0.4 is 5.32 Å². The van der Waals surface area contributed by atoms with E-state index in [1.807, 2.05) is 5.38 Å². The molecule has 124 valence electrons. The van der Waals surface area contributed by atoms with Gasteiger partial charge in [0.1, 0.15) is 5.01 Å². The highest BCUT2D eigenvalue weighted by atomic mass is 32.1. The molecule has 0 aliphatic heterocycles. The number of carbonyl (C=O) groups is 1. The molecular formula is C20H17N3OS. The minimum Gasteiger partial charge on any atom is -0.326 e. The summed E-state index contributed by atoms with van der Waals surface area (Å²) in [6, 6.07) is 17.2. The summed E-state index contributed by atoms with van der Waals surface area (Å²) in [7, 11) is 0. The lowest BCUT2D eigenvalue weighted by molar-refractivity contribution is -0.116. The van der Waals surface area contributed by atoms with Gasteiger partial charge in [0.2, 0.25) is 5.91 Å². The standard InChI is InChI=1S/C20H17N3OS/c1-14-5-7-16(8-6-14)20-23-18(13-25-20)9-10-19(24)22-17-4-2-3-15(11-17)12-21/h2-8,11,13H,9-10H2,1H3,(H,22,24). The van der Waals surface area contributed by atoms with Crippen molar-refractivity contribution < 1.29 is 4.79 Å². The molecule has 0 radical (unpaired) electrons. The summed E-state index contributed by atoms with van der Waals surface area (Å²) in [6.07, 6.45) is 0.944. The third kappa shape index (κ3) is 4.52. The van der Waals surface area contributed by atoms with E-state index in [2.05, 4.69) is 47.6 Å². The van der Waals surface area contributed by atoms with Gasteiger partial charge < -0.3 is 5.32 Å². The molecule has 0 spiro atoms. The van der Waals surface area contributed by atoms with Crippen molar-refractivity contribution in [3.05, 3.63) is 70.7 Å². The topological polar surface area (TPSA) is 65.8 Å². The van der Waals surface area contributed by atoms with E-state index in [4.69, 9.17) is 5.26 Å². The van der Waals surface area contributed by atoms with Crippen LogP contribution in [0.25, 0.3) is 10.6 Å². The van der Waals surface area contributed by atoms with Crippen LogP contribution in [0.4, 0.5) is 5.69 Å². The van der Waals surface area contributed by atoms with Crippen LogP contribution >= 0.6 is 11.3 Å². The maximum absolute atomic E-state index is 12.1. The quantitative estimate of drug-likeness (QED) is 0.735. The summed E-state index contributed by atoms with van der Waals surface area (Å²) in [5, 5.41) is 14.7. The molecule has 0 saturated heterocycles. The lowest BCUT2D eigenvalue weighted by Gasteiger charge is -2.04. The number of anilines is 1. The molecule has 1 aromatic heterocycles. The Bertz CT molecular complexity index is 923. The van der Waals surface area contributed by atoms with Gasteiger partial charge in [0, 0.05) is 23.1 Å². The van der Waals surface area contributed by atoms with Gasteiger partial charge in [0.05, 0.1) is 17.3 Å². The molecule has 0 atom stereocenters. The lowest BCUT2D eigenvalue weighted by Crippen LogP contribution is -2.12. The van der Waals surface area contributed by atoms with Gasteiger partial charge in [-0.05, 0) is 31.5 Å². The molecule has 2 aromatic carbocycles. The second kappa shape index (κ2) is 7.73. The number of nitrogens with one attached hydrogen (secondary N) is 1. The molecule has 0 aliphatic rings. The number of nitrogens with zero attached hydrogens (tertiary/aromatic N) is 2. The Morgan fingerprint density at radius 3 is 2.80 bits per heavy atom. The zero-order chi connectivity index (χ0) is 17.6. The maximum Gasteiger partial charge on any atom is 0.224 e. The molecule has 3 aromatic rings. The lowest BCUT2D eigenvalue weighted by atomic mass is 10.1. The number of amides is 1. The Morgan fingerprint density at radius 1 is 1.24 bits per heavy atom. The molecule has 5 heteroatoms. The number of thiazole rings is 1. The van der Waals surface area contributed by atoms with Crippen LogP contribution in [0, 0.1) is 18.3 Å². The highest BCUT2D eigenvalue weighted by Gasteiger charge is 2.08. The summed E-state index contributed by atoms with van der Waals surface area (Å²) >= 11 is 1.59. The van der Waals surface area contributed by atoms with E-state index in [9.17, 15) is 4.79 Å². The van der Waals surface area contributed by atoms with Gasteiger partial charge >= 0.3 is 0 Å². The van der Waals surface area contributed by atoms with E-state index in [1.54, 1.807) is 35.6 Å². The Hall–Kier alpha value is -2.97. The van der Waals surface area contributed by atoms with Gasteiger partial charge in [-0.15, -0.1) is 11.3 Å². The predicted molar refractivity (Wildman–Crippen MR) is 100 cm³/mol. The fourth-order valence-electron chi connectivity index (χ4n) is 2.38. The first kappa shape index (κ1) is 16.9. The van der Waals surface area contributed by atoms with Gasteiger partial charge in [0.15, 0.2) is 0 Å². The molecule has 0 unspecified atom stereocenters. The first-order chi connectivity index (χ1) is 12.1. The van der Waals surface area contributed by atoms with Gasteiger partial charge in [0.25, 0.3) is 0 Å². The third-order valence-electron chi connectivity index (χ3n) is 3.73. The number of hydrogen-bond donors (Lipinski definition) is 1. The molecule has 0 aliphatic carbocycles. The molecule has 0 saturated carbocycles. The number of carbonyl (C=O) groups excluding carboxylic acids is 1. The predicted octanol–water partition coefficient (Wildman–Crippen LogP) is 4.56. The second-order valence-electron chi connectivity index (χ2n) is 5.75. The van der Waals surface area contributed by atoms with Crippen LogP contribution in [-0.4, -0.2) is 10.9 Å². The van der Waals surface area contributed by atoms with E-state index >= 15 is 0 Å². The van der Waals surface area contributed by atoms with E-state index in [-0.39, 0.29) is 5.91 Å². The zero-order valence-electron chi connectivity index (χ0n) is 13.8. The summed E-state index contributed by atoms with van der Waals surface area (Å²) in [5.41, 5.74) is 4.40. The Kier molecular flexibility index (Phi) is 5.22. The van der Waals surface area contributed by atoms with Crippen LogP contribution in [0.15, 0.2) is 53.9 Å². The van der Waals surface area contributed by atoms with Gasteiger partial charge in [-0.3, -0.25) is 4.79 Å². The molecule has 25 heavy (non-hydrogen) atoms. The zero-order valence-corrected chi connectivity index (χ0v) is 14.6. The molecule has 0 fully saturated rings. The van der Waals surface area contributed by atoms with Crippen molar-refractivity contribution in [1.29, 1.82) is 5.26 Å². The van der Waals surface area contributed by atoms with Crippen molar-refractivity contribution in [2.75, 3.05) is 5.32 Å². The van der Waals surface area contributed by atoms with Crippen molar-refractivity contribution >= 4 is 22.9 Å². The highest BCUT2D eigenvalue weighted by Crippen LogP contribution is 2.24. The van der Waals surface area contributed by atoms with Crippen LogP contribution in [0.3, 0.4) is 0 Å². The van der Waals surface area contributed by atoms with E-state index in [1.165, 1.54) is 5.56 Å². The smallest absolute Gasteiger partial charge is 0.224 e. The minimum absolute atomic E-state index is 0.0834. The number of hydrogen-bond acceptors (Lipinski definition) is 4. The van der Waals surface area contributed by atoms with Crippen molar-refractivity contribution in [3.63, 3.8) is 0 Å². The molecule has 1 amide bonds. The summed E-state index contributed by atoms with van der Waals surface area (Å²) in [6.45, 7) is 2.06. The Labute approximate surface area is 150 Å². The third-order valence-corrected chi connectivity index (χ3v) is 4.67. The monoisotopic (exact) mass is 347 g/mol. The fourth-order valence-corrected chi connectivity index (χ4v) is 3.24. The van der Waals surface area contributed by atoms with E-state index in [0.717, 1.165) is 16.3 Å². The second-order valence-corrected chi connectivity index (χ2v) is 6.61. The minimum atomic E-state index is -0.0834. The first-order valence-corrected chi connectivity index (χ1v) is 8.83. The molecule has 1 N–H and O–H groups in total. The molecule has 4 nitrogen and oxygen atoms in total. The number of aromatic nitrogens is 1. The van der Waals surface area contributed by atoms with E-state index in [0.29, 0.717) is 24.1 Å². The van der Waals surface area contributed by atoms with Crippen molar-refractivity contribution in [3.8, 4) is 16.6 Å². The maximum atomic E-state index is 12.1. The van der Waals surface area contributed by atoms with Gasteiger partial charge in [-0.2, -0.15) is 5.26 Å². The first-order valence-electron chi connectivity index (χ1n) is 7.95. The average molecular weight is 347 g/mol. The largest absolute Gasteiger partial charge is 0.326 e. The number of rotatable bonds is 5. The van der Waals surface area contributed by atoms with Crippen LogP contribution in [0.5, 0.6) is 0 Å². The van der Waals surface area contributed by atoms with Crippen molar-refractivity contribution in [2.45, 2.75) is 19.8 Å². The van der Waals surface area contributed by atoms with Crippen molar-refractivity contribution in [1.82, 2.24) is 4.98 Å². The number of aryl methyl sites for hydroxylation is 2. The molecule has 1 heterocycles. The summed E-state index contributed by atoms with van der Waals surface area (Å²) < 4.78 is 0. The Balaban J connectivity index is 1.57. The van der Waals surface area contributed by atoms with E-state index < -0.39 is 0 Å². The molecule has 0 bridgehead atoms. The van der Waals surface area contributed by atoms with Gasteiger partial charge in [-0.25, -0.2) is 4.98 Å². The van der Waals surface area contributed by atoms with Crippen LogP contribution in [0.2, 0.25) is 0 Å². The van der Waals surface area contributed by atoms with Crippen molar-refractivity contribution in [2.24, 2.45) is 0 Å². The van der Waals surface area contributed by atoms with Crippen LogP contribution in [-0.2, 0) is 11.2 Å².